The number of carbonyl (C=O) groups is 1. The Morgan fingerprint density at radius 3 is 2.65 bits per heavy atom. The van der Waals surface area contributed by atoms with Crippen LogP contribution in [0, 0.1) is 3.57 Å². The molecule has 0 aliphatic heterocycles. The van der Waals surface area contributed by atoms with Gasteiger partial charge >= 0.3 is 0 Å². The van der Waals surface area contributed by atoms with E-state index < -0.39 is 0 Å². The molecule has 1 N–H and O–H groups in total. The summed E-state index contributed by atoms with van der Waals surface area (Å²) in [4.78, 5) is 19.3. The highest BCUT2D eigenvalue weighted by molar-refractivity contribution is 14.1. The molecule has 1 aromatic heterocycles. The summed E-state index contributed by atoms with van der Waals surface area (Å²) >= 11 is 3.86. The number of rotatable bonds is 6. The van der Waals surface area contributed by atoms with E-state index in [9.17, 15) is 4.79 Å². The van der Waals surface area contributed by atoms with Gasteiger partial charge in [0.15, 0.2) is 11.5 Å². The summed E-state index contributed by atoms with van der Waals surface area (Å²) in [6, 6.07) is 13.4. The molecule has 3 aromatic rings. The van der Waals surface area contributed by atoms with Crippen LogP contribution in [0.15, 0.2) is 47.5 Å². The van der Waals surface area contributed by atoms with Gasteiger partial charge in [-0.25, -0.2) is 4.99 Å². The molecule has 31 heavy (non-hydrogen) atoms. The number of amides is 1. The lowest BCUT2D eigenvalue weighted by atomic mass is 9.95. The Kier molecular flexibility index (Phi) is 6.92. The minimum absolute atomic E-state index is 0.107. The molecule has 0 atom stereocenters. The first-order valence-electron chi connectivity index (χ1n) is 10.1. The quantitative estimate of drug-likeness (QED) is 0.294. The van der Waals surface area contributed by atoms with Crippen molar-refractivity contribution in [1.82, 2.24) is 0 Å². The van der Waals surface area contributed by atoms with Crippen LogP contribution < -0.4 is 14.8 Å². The summed E-state index contributed by atoms with van der Waals surface area (Å²) in [6.07, 6.45) is 5.93. The Balaban J connectivity index is 1.73. The van der Waals surface area contributed by atoms with E-state index in [0.29, 0.717) is 17.1 Å². The maximum atomic E-state index is 13.2. The van der Waals surface area contributed by atoms with Crippen molar-refractivity contribution >= 4 is 56.7 Å². The topological polar surface area (TPSA) is 59.9 Å². The molecule has 5 nitrogen and oxygen atoms in total. The lowest BCUT2D eigenvalue weighted by molar-refractivity contribution is 0.102. The number of fused-ring (bicyclic) bond motifs is 1. The summed E-state index contributed by atoms with van der Waals surface area (Å²) < 4.78 is 12.0. The monoisotopic (exact) mass is 546 g/mol. The van der Waals surface area contributed by atoms with Crippen LogP contribution in [0.2, 0.25) is 0 Å². The third-order valence-electron chi connectivity index (χ3n) is 5.20. The first-order chi connectivity index (χ1) is 15.1. The van der Waals surface area contributed by atoms with Gasteiger partial charge in [0.2, 0.25) is 0 Å². The van der Waals surface area contributed by atoms with Crippen molar-refractivity contribution in [2.24, 2.45) is 4.99 Å². The second-order valence-electron chi connectivity index (χ2n) is 7.20. The van der Waals surface area contributed by atoms with E-state index in [2.05, 4.69) is 27.9 Å². The van der Waals surface area contributed by atoms with Crippen LogP contribution in [-0.4, -0.2) is 26.3 Å². The number of halogens is 1. The van der Waals surface area contributed by atoms with E-state index in [4.69, 9.17) is 14.5 Å². The van der Waals surface area contributed by atoms with Gasteiger partial charge in [-0.15, -0.1) is 11.3 Å². The van der Waals surface area contributed by atoms with Crippen molar-refractivity contribution in [1.29, 1.82) is 0 Å². The number of carbonyl (C=O) groups excluding carboxylic acids is 1. The van der Waals surface area contributed by atoms with Crippen LogP contribution in [0.25, 0.3) is 0 Å². The molecule has 0 bridgehead atoms. The van der Waals surface area contributed by atoms with E-state index in [0.717, 1.165) is 51.1 Å². The number of thiophene rings is 1. The molecule has 1 aliphatic rings. The summed E-state index contributed by atoms with van der Waals surface area (Å²) in [5.74, 6) is 1.18. The number of nitrogens with zero attached hydrogens (tertiary/aromatic N) is 1. The predicted molar refractivity (Wildman–Crippen MR) is 135 cm³/mol. The molecular weight excluding hydrogens is 523 g/mol. The van der Waals surface area contributed by atoms with Gasteiger partial charge < -0.3 is 14.8 Å². The van der Waals surface area contributed by atoms with E-state index >= 15 is 0 Å². The fourth-order valence-corrected chi connectivity index (χ4v) is 5.62. The molecule has 1 aliphatic carbocycles. The van der Waals surface area contributed by atoms with Crippen molar-refractivity contribution in [2.45, 2.75) is 25.7 Å². The summed E-state index contributed by atoms with van der Waals surface area (Å²) in [7, 11) is 3.23. The first-order valence-corrected chi connectivity index (χ1v) is 12.0. The third kappa shape index (κ3) is 4.77. The lowest BCUT2D eigenvalue weighted by Crippen LogP contribution is -2.14. The summed E-state index contributed by atoms with van der Waals surface area (Å²) in [6.45, 7) is 0. The maximum absolute atomic E-state index is 13.2. The number of methoxy groups -OCH3 is 2. The van der Waals surface area contributed by atoms with Gasteiger partial charge in [0.1, 0.15) is 5.00 Å². The number of aliphatic imine (C=N–C) groups is 1. The zero-order valence-electron chi connectivity index (χ0n) is 17.4. The standard InChI is InChI=1S/C24H23IN2O3S/c1-29-19-13-16(25)12-15(22(19)30-2)14-26-24-21(18-10-6-7-11-20(18)31-24)23(28)27-17-8-4-3-5-9-17/h3-5,8-9,12-14H,6-7,10-11H2,1-2H3,(H,27,28). The average Bonchev–Trinajstić information content (AvgIpc) is 3.16. The second-order valence-corrected chi connectivity index (χ2v) is 9.53. The molecule has 1 heterocycles. The van der Waals surface area contributed by atoms with Crippen molar-refractivity contribution in [2.75, 3.05) is 19.5 Å². The van der Waals surface area contributed by atoms with E-state index in [-0.39, 0.29) is 5.91 Å². The Hall–Kier alpha value is -2.39. The van der Waals surface area contributed by atoms with Gasteiger partial charge in [0.25, 0.3) is 5.91 Å². The summed E-state index contributed by atoms with van der Waals surface area (Å²) in [5, 5.41) is 3.77. The SMILES string of the molecule is COc1cc(I)cc(C=Nc2sc3c(c2C(=O)Nc2ccccc2)CCCC3)c1OC. The van der Waals surface area contributed by atoms with E-state index in [1.165, 1.54) is 4.88 Å². The third-order valence-corrected chi connectivity index (χ3v) is 7.03. The second kappa shape index (κ2) is 9.82. The Morgan fingerprint density at radius 1 is 1.13 bits per heavy atom. The van der Waals surface area contributed by atoms with Gasteiger partial charge in [-0.2, -0.15) is 0 Å². The zero-order chi connectivity index (χ0) is 21.8. The molecule has 0 spiro atoms. The smallest absolute Gasteiger partial charge is 0.259 e. The number of hydrogen-bond donors (Lipinski definition) is 1. The number of ether oxygens (including phenoxy) is 2. The Labute approximate surface area is 199 Å². The normalized spacial score (nSPS) is 13.1. The van der Waals surface area contributed by atoms with Crippen LogP contribution in [0.4, 0.5) is 10.7 Å². The van der Waals surface area contributed by atoms with E-state index in [1.807, 2.05) is 42.5 Å². The van der Waals surface area contributed by atoms with Crippen molar-refractivity contribution in [3.05, 3.63) is 67.6 Å². The maximum Gasteiger partial charge on any atom is 0.259 e. The molecule has 2 aromatic carbocycles. The minimum Gasteiger partial charge on any atom is -0.493 e. The lowest BCUT2D eigenvalue weighted by Gasteiger charge is -2.13. The van der Waals surface area contributed by atoms with Crippen molar-refractivity contribution in [3.63, 3.8) is 0 Å². The van der Waals surface area contributed by atoms with Crippen LogP contribution in [0.5, 0.6) is 11.5 Å². The van der Waals surface area contributed by atoms with E-state index in [1.54, 1.807) is 31.8 Å². The number of nitrogens with one attached hydrogen (secondary N) is 1. The molecule has 4 rings (SSSR count). The molecule has 0 unspecified atom stereocenters. The fourth-order valence-electron chi connectivity index (χ4n) is 3.77. The highest BCUT2D eigenvalue weighted by Crippen LogP contribution is 2.41. The fraction of sp³-hybridized carbons (Fsp3) is 0.250. The average molecular weight is 546 g/mol. The number of aryl methyl sites for hydroxylation is 1. The number of hydrogen-bond acceptors (Lipinski definition) is 5. The van der Waals surface area contributed by atoms with Gasteiger partial charge in [0.05, 0.1) is 19.8 Å². The minimum atomic E-state index is -0.107. The molecule has 0 saturated heterocycles. The Bertz CT molecular complexity index is 1130. The van der Waals surface area contributed by atoms with Crippen molar-refractivity contribution < 1.29 is 14.3 Å². The van der Waals surface area contributed by atoms with Gasteiger partial charge in [-0.05, 0) is 78.1 Å². The Morgan fingerprint density at radius 2 is 1.90 bits per heavy atom. The van der Waals surface area contributed by atoms with Crippen LogP contribution >= 0.6 is 33.9 Å². The van der Waals surface area contributed by atoms with Crippen LogP contribution in [0.1, 0.15) is 39.2 Å². The molecule has 0 fully saturated rings. The zero-order valence-corrected chi connectivity index (χ0v) is 20.4. The van der Waals surface area contributed by atoms with Gasteiger partial charge in [-0.3, -0.25) is 4.79 Å². The molecule has 0 saturated carbocycles. The molecule has 1 amide bonds. The number of benzene rings is 2. The van der Waals surface area contributed by atoms with Gasteiger partial charge in [0, 0.05) is 25.9 Å². The van der Waals surface area contributed by atoms with Crippen LogP contribution in [-0.2, 0) is 12.8 Å². The molecule has 160 valence electrons. The van der Waals surface area contributed by atoms with Crippen LogP contribution in [0.3, 0.4) is 0 Å². The summed E-state index contributed by atoms with van der Waals surface area (Å²) in [5.41, 5.74) is 3.43. The largest absolute Gasteiger partial charge is 0.493 e. The van der Waals surface area contributed by atoms with Gasteiger partial charge in [-0.1, -0.05) is 18.2 Å². The molecular formula is C24H23IN2O3S. The molecule has 7 heteroatoms. The number of anilines is 1. The predicted octanol–water partition coefficient (Wildman–Crippen LogP) is 6.25. The molecule has 0 radical (unpaired) electrons. The highest BCUT2D eigenvalue weighted by atomic mass is 127. The van der Waals surface area contributed by atoms with Crippen molar-refractivity contribution in [3.8, 4) is 11.5 Å². The number of para-hydroxylation sites is 1. The highest BCUT2D eigenvalue weighted by Gasteiger charge is 2.25. The first kappa shape index (κ1) is 21.8.